The number of ether oxygens (including phenoxy) is 1. The molecule has 25 heavy (non-hydrogen) atoms. The van der Waals surface area contributed by atoms with Gasteiger partial charge in [-0.05, 0) is 24.3 Å². The summed E-state index contributed by atoms with van der Waals surface area (Å²) in [6, 6.07) is 13.4. The number of para-hydroxylation sites is 1. The van der Waals surface area contributed by atoms with E-state index in [1.54, 1.807) is 25.4 Å². The third-order valence-electron chi connectivity index (χ3n) is 4.20. The molecule has 0 radical (unpaired) electrons. The molecule has 5 N–H and O–H groups in total. The van der Waals surface area contributed by atoms with Gasteiger partial charge in [-0.1, -0.05) is 18.2 Å². The summed E-state index contributed by atoms with van der Waals surface area (Å²) in [5, 5.41) is 1.10. The quantitative estimate of drug-likeness (QED) is 0.499. The highest BCUT2D eigenvalue weighted by molar-refractivity contribution is 5.95. The Bertz CT molecular complexity index is 1070. The molecule has 2 aromatic carbocycles. The van der Waals surface area contributed by atoms with Crippen molar-refractivity contribution >= 4 is 22.3 Å². The maximum absolute atomic E-state index is 6.19. The Labute approximate surface area is 144 Å². The molecule has 2 heterocycles. The fourth-order valence-corrected chi connectivity index (χ4v) is 2.96. The zero-order chi connectivity index (χ0) is 17.4. The number of nitrogens with two attached hydrogens (primary N) is 2. The number of anilines is 2. The summed E-state index contributed by atoms with van der Waals surface area (Å²) in [7, 11) is 1.56. The van der Waals surface area contributed by atoms with Crippen LogP contribution in [0.3, 0.4) is 0 Å². The van der Waals surface area contributed by atoms with E-state index in [0.29, 0.717) is 28.5 Å². The summed E-state index contributed by atoms with van der Waals surface area (Å²) in [4.78, 5) is 12.3. The topological polar surface area (TPSA) is 103 Å². The molecule has 0 bridgehead atoms. The number of nitrogens with zero attached hydrogens (tertiary/aromatic N) is 2. The van der Waals surface area contributed by atoms with E-state index in [1.807, 2.05) is 30.5 Å². The first-order valence-electron chi connectivity index (χ1n) is 7.81. The van der Waals surface area contributed by atoms with Crippen LogP contribution in [0.4, 0.5) is 11.4 Å². The van der Waals surface area contributed by atoms with Gasteiger partial charge in [0.25, 0.3) is 0 Å². The van der Waals surface area contributed by atoms with Crippen molar-refractivity contribution in [2.45, 2.75) is 0 Å². The molecule has 124 valence electrons. The molecule has 0 aliphatic heterocycles. The number of hydrogen-bond donors (Lipinski definition) is 3. The number of methoxy groups -OCH3 is 1. The van der Waals surface area contributed by atoms with E-state index < -0.39 is 0 Å². The number of hydrogen-bond acceptors (Lipinski definition) is 5. The second-order valence-corrected chi connectivity index (χ2v) is 5.66. The Morgan fingerprint density at radius 1 is 1.04 bits per heavy atom. The Balaban J connectivity index is 1.89. The molecule has 0 amide bonds. The van der Waals surface area contributed by atoms with Crippen molar-refractivity contribution in [3.8, 4) is 28.4 Å². The maximum atomic E-state index is 6.19. The van der Waals surface area contributed by atoms with Crippen molar-refractivity contribution < 1.29 is 4.74 Å². The summed E-state index contributed by atoms with van der Waals surface area (Å²) in [5.74, 6) is 1.02. The summed E-state index contributed by atoms with van der Waals surface area (Å²) < 4.78 is 5.28. The Kier molecular flexibility index (Phi) is 3.50. The smallest absolute Gasteiger partial charge is 0.164 e. The number of aromatic nitrogens is 3. The van der Waals surface area contributed by atoms with Gasteiger partial charge in [-0.25, -0.2) is 9.97 Å². The number of fused-ring (bicyclic) bond motifs is 1. The van der Waals surface area contributed by atoms with Crippen molar-refractivity contribution in [1.29, 1.82) is 0 Å². The molecule has 2 aromatic heterocycles. The van der Waals surface area contributed by atoms with Crippen molar-refractivity contribution in [2.24, 2.45) is 0 Å². The predicted octanol–water partition coefficient (Wildman–Crippen LogP) is 3.46. The minimum atomic E-state index is 0.429. The van der Waals surface area contributed by atoms with E-state index in [4.69, 9.17) is 16.2 Å². The number of benzene rings is 2. The first-order valence-corrected chi connectivity index (χ1v) is 7.81. The van der Waals surface area contributed by atoms with Crippen molar-refractivity contribution in [3.63, 3.8) is 0 Å². The minimum Gasteiger partial charge on any atom is -0.495 e. The van der Waals surface area contributed by atoms with Gasteiger partial charge >= 0.3 is 0 Å². The average molecular weight is 331 g/mol. The zero-order valence-electron chi connectivity index (χ0n) is 13.7. The number of nitrogens with one attached hydrogen (secondary N) is 1. The van der Waals surface area contributed by atoms with Gasteiger partial charge in [-0.2, -0.15) is 0 Å². The van der Waals surface area contributed by atoms with Gasteiger partial charge in [0.2, 0.25) is 0 Å². The number of aromatic amines is 1. The van der Waals surface area contributed by atoms with Gasteiger partial charge < -0.3 is 21.2 Å². The van der Waals surface area contributed by atoms with Gasteiger partial charge in [0, 0.05) is 34.5 Å². The maximum Gasteiger partial charge on any atom is 0.164 e. The normalized spacial score (nSPS) is 10.9. The molecule has 4 rings (SSSR count). The van der Waals surface area contributed by atoms with E-state index in [1.165, 1.54) is 0 Å². The second kappa shape index (κ2) is 5.83. The molecule has 0 atom stereocenters. The fourth-order valence-electron chi connectivity index (χ4n) is 2.96. The van der Waals surface area contributed by atoms with Gasteiger partial charge in [-0.15, -0.1) is 0 Å². The van der Waals surface area contributed by atoms with Crippen molar-refractivity contribution in [3.05, 3.63) is 54.9 Å². The van der Waals surface area contributed by atoms with E-state index in [0.717, 1.165) is 22.2 Å². The Morgan fingerprint density at radius 2 is 1.88 bits per heavy atom. The molecule has 0 aliphatic rings. The average Bonchev–Trinajstić information content (AvgIpc) is 3.06. The van der Waals surface area contributed by atoms with E-state index in [-0.39, 0.29) is 0 Å². The number of rotatable bonds is 3. The highest BCUT2D eigenvalue weighted by Crippen LogP contribution is 2.37. The van der Waals surface area contributed by atoms with Crippen LogP contribution in [0.1, 0.15) is 0 Å². The lowest BCUT2D eigenvalue weighted by Crippen LogP contribution is -2.02. The van der Waals surface area contributed by atoms with Crippen molar-refractivity contribution in [1.82, 2.24) is 15.0 Å². The molecular formula is C19H17N5O. The first kappa shape index (κ1) is 15.0. The highest BCUT2D eigenvalue weighted by atomic mass is 16.5. The van der Waals surface area contributed by atoms with Crippen LogP contribution in [-0.4, -0.2) is 22.1 Å². The van der Waals surface area contributed by atoms with Crippen molar-refractivity contribution in [2.75, 3.05) is 18.6 Å². The van der Waals surface area contributed by atoms with Gasteiger partial charge in [0.05, 0.1) is 24.1 Å². The second-order valence-electron chi connectivity index (χ2n) is 5.66. The molecule has 0 spiro atoms. The molecule has 0 unspecified atom stereocenters. The van der Waals surface area contributed by atoms with Crippen LogP contribution in [-0.2, 0) is 0 Å². The molecule has 0 fully saturated rings. The zero-order valence-corrected chi connectivity index (χ0v) is 13.7. The van der Waals surface area contributed by atoms with Gasteiger partial charge in [0.15, 0.2) is 5.82 Å². The van der Waals surface area contributed by atoms with E-state index >= 15 is 0 Å². The summed E-state index contributed by atoms with van der Waals surface area (Å²) in [5.41, 5.74) is 16.7. The lowest BCUT2D eigenvalue weighted by atomic mass is 10.1. The molecular weight excluding hydrogens is 314 g/mol. The largest absolute Gasteiger partial charge is 0.495 e. The third kappa shape index (κ3) is 2.44. The lowest BCUT2D eigenvalue weighted by molar-refractivity contribution is 0.417. The molecule has 6 heteroatoms. The van der Waals surface area contributed by atoms with E-state index in [2.05, 4.69) is 21.0 Å². The summed E-state index contributed by atoms with van der Waals surface area (Å²) >= 11 is 0. The monoisotopic (exact) mass is 331 g/mol. The van der Waals surface area contributed by atoms with Crippen LogP contribution in [0.5, 0.6) is 5.75 Å². The first-order chi connectivity index (χ1) is 12.2. The molecule has 4 aromatic rings. The molecule has 0 saturated heterocycles. The van der Waals surface area contributed by atoms with Crippen LogP contribution in [0.2, 0.25) is 0 Å². The Morgan fingerprint density at radius 3 is 2.72 bits per heavy atom. The number of nitrogen functional groups attached to an aromatic ring is 2. The summed E-state index contributed by atoms with van der Waals surface area (Å²) in [6.45, 7) is 0. The SMILES string of the molecule is COc1ccc(N)c(-c2nccc(-c3c[nH]c4ccccc34)n2)c1N. The number of H-pyrrole nitrogens is 1. The molecule has 0 saturated carbocycles. The Hall–Kier alpha value is -3.54. The highest BCUT2D eigenvalue weighted by Gasteiger charge is 2.16. The van der Waals surface area contributed by atoms with Gasteiger partial charge in [-0.3, -0.25) is 0 Å². The minimum absolute atomic E-state index is 0.429. The molecule has 0 aliphatic carbocycles. The lowest BCUT2D eigenvalue weighted by Gasteiger charge is -2.12. The third-order valence-corrected chi connectivity index (χ3v) is 4.20. The molecule has 6 nitrogen and oxygen atoms in total. The van der Waals surface area contributed by atoms with Crippen LogP contribution in [0, 0.1) is 0 Å². The predicted molar refractivity (Wildman–Crippen MR) is 100 cm³/mol. The van der Waals surface area contributed by atoms with E-state index in [9.17, 15) is 0 Å². The fraction of sp³-hybridized carbons (Fsp3) is 0.0526. The summed E-state index contributed by atoms with van der Waals surface area (Å²) in [6.07, 6.45) is 3.65. The van der Waals surface area contributed by atoms with Crippen LogP contribution < -0.4 is 16.2 Å². The van der Waals surface area contributed by atoms with Crippen LogP contribution in [0.15, 0.2) is 54.9 Å². The van der Waals surface area contributed by atoms with Gasteiger partial charge in [0.1, 0.15) is 5.75 Å². The standard InChI is InChI=1S/C19H17N5O/c1-25-16-7-6-13(20)17(18(16)21)19-22-9-8-15(24-19)12-10-23-14-5-3-2-4-11(12)14/h2-10,23H,20-21H2,1H3. The van der Waals surface area contributed by atoms with Crippen LogP contribution >= 0.6 is 0 Å². The van der Waals surface area contributed by atoms with Crippen LogP contribution in [0.25, 0.3) is 33.5 Å².